The molecule has 6 nitrogen and oxygen atoms in total. The molecule has 2 amide bonds. The second-order valence-corrected chi connectivity index (χ2v) is 4.57. The predicted octanol–water partition coefficient (Wildman–Crippen LogP) is 0.0316. The highest BCUT2D eigenvalue weighted by Gasteiger charge is 2.26. The van der Waals surface area contributed by atoms with Crippen molar-refractivity contribution in [3.8, 4) is 0 Å². The van der Waals surface area contributed by atoms with Crippen LogP contribution >= 0.6 is 0 Å². The summed E-state index contributed by atoms with van der Waals surface area (Å²) >= 11 is 0. The van der Waals surface area contributed by atoms with Gasteiger partial charge in [-0.2, -0.15) is 0 Å². The molecule has 1 fully saturated rings. The fourth-order valence-electron chi connectivity index (χ4n) is 2.01. The zero-order chi connectivity index (χ0) is 13.4. The van der Waals surface area contributed by atoms with E-state index in [4.69, 9.17) is 10.6 Å². The van der Waals surface area contributed by atoms with Gasteiger partial charge in [-0.05, 0) is 19.3 Å². The van der Waals surface area contributed by atoms with Crippen LogP contribution in [0.25, 0.3) is 0 Å². The van der Waals surface area contributed by atoms with Crippen LogP contribution in [0.2, 0.25) is 0 Å². The van der Waals surface area contributed by atoms with Crippen molar-refractivity contribution in [2.45, 2.75) is 32.6 Å². The third-order valence-corrected chi connectivity index (χ3v) is 3.23. The van der Waals surface area contributed by atoms with Gasteiger partial charge in [-0.25, -0.2) is 5.84 Å². The van der Waals surface area contributed by atoms with E-state index in [2.05, 4.69) is 12.3 Å². The highest BCUT2D eigenvalue weighted by Crippen LogP contribution is 2.17. The van der Waals surface area contributed by atoms with E-state index >= 15 is 0 Å². The number of likely N-dealkylation sites (tertiary alicyclic amines) is 1. The summed E-state index contributed by atoms with van der Waals surface area (Å²) in [5, 5.41) is 0. The van der Waals surface area contributed by atoms with Crippen LogP contribution in [0.3, 0.4) is 0 Å². The van der Waals surface area contributed by atoms with Crippen LogP contribution in [0.4, 0.5) is 0 Å². The van der Waals surface area contributed by atoms with E-state index in [0.29, 0.717) is 32.5 Å². The highest BCUT2D eigenvalue weighted by atomic mass is 16.5. The van der Waals surface area contributed by atoms with E-state index < -0.39 is 0 Å². The summed E-state index contributed by atoms with van der Waals surface area (Å²) in [5.74, 6) is 4.90. The van der Waals surface area contributed by atoms with Gasteiger partial charge in [-0.3, -0.25) is 15.0 Å². The van der Waals surface area contributed by atoms with Crippen LogP contribution in [0.1, 0.15) is 32.6 Å². The van der Waals surface area contributed by atoms with E-state index in [0.717, 1.165) is 12.8 Å². The lowest BCUT2D eigenvalue weighted by atomic mass is 9.96. The smallest absolute Gasteiger partial charge is 0.248 e. The monoisotopic (exact) mass is 257 g/mol. The molecule has 0 aromatic carbocycles. The van der Waals surface area contributed by atoms with Gasteiger partial charge in [0.2, 0.25) is 11.8 Å². The second kappa shape index (κ2) is 8.05. The van der Waals surface area contributed by atoms with Crippen LogP contribution < -0.4 is 11.3 Å². The molecule has 0 radical (unpaired) electrons. The van der Waals surface area contributed by atoms with Crippen LogP contribution in [-0.4, -0.2) is 43.0 Å². The predicted molar refractivity (Wildman–Crippen MR) is 67.4 cm³/mol. The molecule has 1 aliphatic heterocycles. The number of nitrogens with zero attached hydrogens (tertiary/aromatic N) is 1. The van der Waals surface area contributed by atoms with Gasteiger partial charge in [0.1, 0.15) is 6.61 Å². The number of piperidine rings is 1. The number of hydrazine groups is 1. The standard InChI is InChI=1S/C12H23N3O3/c1-2-3-8-18-9-11(16)15-6-4-10(5-7-15)12(17)14-13/h10H,2-9,13H2,1H3,(H,14,17). The summed E-state index contributed by atoms with van der Waals surface area (Å²) in [6.07, 6.45) is 3.38. The topological polar surface area (TPSA) is 84.7 Å². The molecule has 18 heavy (non-hydrogen) atoms. The van der Waals surface area contributed by atoms with Gasteiger partial charge in [0.05, 0.1) is 0 Å². The van der Waals surface area contributed by atoms with Crippen LogP contribution in [0.5, 0.6) is 0 Å². The summed E-state index contributed by atoms with van der Waals surface area (Å²) in [4.78, 5) is 24.9. The molecule has 1 rings (SSSR count). The SMILES string of the molecule is CCCCOCC(=O)N1CCC(C(=O)NN)CC1. The number of nitrogens with one attached hydrogen (secondary N) is 1. The molecule has 0 spiro atoms. The number of nitrogens with two attached hydrogens (primary N) is 1. The van der Waals surface area contributed by atoms with Crippen molar-refractivity contribution in [2.75, 3.05) is 26.3 Å². The van der Waals surface area contributed by atoms with Gasteiger partial charge >= 0.3 is 0 Å². The maximum atomic E-state index is 11.8. The Bertz CT molecular complexity index is 276. The van der Waals surface area contributed by atoms with E-state index in [9.17, 15) is 9.59 Å². The van der Waals surface area contributed by atoms with Crippen molar-refractivity contribution in [3.05, 3.63) is 0 Å². The number of ether oxygens (including phenoxy) is 1. The molecule has 1 saturated heterocycles. The molecule has 0 unspecified atom stereocenters. The van der Waals surface area contributed by atoms with Crippen molar-refractivity contribution in [3.63, 3.8) is 0 Å². The number of carbonyl (C=O) groups is 2. The Morgan fingerprint density at radius 3 is 2.61 bits per heavy atom. The summed E-state index contributed by atoms with van der Waals surface area (Å²) in [6.45, 7) is 4.07. The fourth-order valence-corrected chi connectivity index (χ4v) is 2.01. The molecule has 0 bridgehead atoms. The Morgan fingerprint density at radius 2 is 2.06 bits per heavy atom. The Hall–Kier alpha value is -1.14. The van der Waals surface area contributed by atoms with Crippen molar-refractivity contribution in [1.29, 1.82) is 0 Å². The molecular formula is C12H23N3O3. The molecular weight excluding hydrogens is 234 g/mol. The molecule has 1 heterocycles. The number of rotatable bonds is 6. The molecule has 1 aliphatic rings. The maximum absolute atomic E-state index is 11.8. The number of amides is 2. The summed E-state index contributed by atoms with van der Waals surface area (Å²) in [7, 11) is 0. The first kappa shape index (κ1) is 14.9. The maximum Gasteiger partial charge on any atom is 0.248 e. The third kappa shape index (κ3) is 4.62. The number of hydrogen-bond donors (Lipinski definition) is 2. The quantitative estimate of drug-likeness (QED) is 0.304. The van der Waals surface area contributed by atoms with Gasteiger partial charge in [-0.15, -0.1) is 0 Å². The van der Waals surface area contributed by atoms with E-state index in [1.54, 1.807) is 4.90 Å². The average molecular weight is 257 g/mol. The molecule has 0 aliphatic carbocycles. The Labute approximate surface area is 108 Å². The fraction of sp³-hybridized carbons (Fsp3) is 0.833. The Kier molecular flexibility index (Phi) is 6.67. The average Bonchev–Trinajstić information content (AvgIpc) is 2.42. The molecule has 3 N–H and O–H groups in total. The minimum Gasteiger partial charge on any atom is -0.372 e. The zero-order valence-electron chi connectivity index (χ0n) is 11.0. The van der Waals surface area contributed by atoms with E-state index in [1.807, 2.05) is 0 Å². The number of hydrogen-bond acceptors (Lipinski definition) is 4. The van der Waals surface area contributed by atoms with Crippen LogP contribution in [-0.2, 0) is 14.3 Å². The first-order valence-corrected chi connectivity index (χ1v) is 6.55. The number of carbonyl (C=O) groups excluding carboxylic acids is 2. The molecule has 6 heteroatoms. The molecule has 0 aromatic rings. The summed E-state index contributed by atoms with van der Waals surface area (Å²) in [5.41, 5.74) is 2.16. The molecule has 0 aromatic heterocycles. The summed E-state index contributed by atoms with van der Waals surface area (Å²) < 4.78 is 5.29. The molecule has 0 saturated carbocycles. The second-order valence-electron chi connectivity index (χ2n) is 4.57. The Balaban J connectivity index is 2.21. The lowest BCUT2D eigenvalue weighted by Gasteiger charge is -2.30. The van der Waals surface area contributed by atoms with Crippen molar-refractivity contribution >= 4 is 11.8 Å². The lowest BCUT2D eigenvalue weighted by Crippen LogP contribution is -2.45. The molecule has 0 atom stereocenters. The van der Waals surface area contributed by atoms with Gasteiger partial charge in [-0.1, -0.05) is 13.3 Å². The third-order valence-electron chi connectivity index (χ3n) is 3.23. The minimum absolute atomic E-state index is 0.0118. The van der Waals surface area contributed by atoms with Crippen molar-refractivity contribution < 1.29 is 14.3 Å². The Morgan fingerprint density at radius 1 is 1.39 bits per heavy atom. The van der Waals surface area contributed by atoms with E-state index in [1.165, 1.54) is 0 Å². The van der Waals surface area contributed by atoms with Gasteiger partial charge in [0.15, 0.2) is 0 Å². The minimum atomic E-state index is -0.138. The first-order valence-electron chi connectivity index (χ1n) is 6.55. The largest absolute Gasteiger partial charge is 0.372 e. The van der Waals surface area contributed by atoms with Gasteiger partial charge < -0.3 is 9.64 Å². The normalized spacial score (nSPS) is 16.7. The van der Waals surface area contributed by atoms with E-state index in [-0.39, 0.29) is 24.3 Å². The lowest BCUT2D eigenvalue weighted by molar-refractivity contribution is -0.139. The molecule has 104 valence electrons. The first-order chi connectivity index (χ1) is 8.69. The zero-order valence-corrected chi connectivity index (χ0v) is 11.0. The van der Waals surface area contributed by atoms with Crippen LogP contribution in [0.15, 0.2) is 0 Å². The van der Waals surface area contributed by atoms with Gasteiger partial charge in [0, 0.05) is 25.6 Å². The van der Waals surface area contributed by atoms with Crippen molar-refractivity contribution in [1.82, 2.24) is 10.3 Å². The summed E-state index contributed by atoms with van der Waals surface area (Å²) in [6, 6.07) is 0. The van der Waals surface area contributed by atoms with Gasteiger partial charge in [0.25, 0.3) is 0 Å². The van der Waals surface area contributed by atoms with Crippen LogP contribution in [0, 0.1) is 5.92 Å². The van der Waals surface area contributed by atoms with Crippen molar-refractivity contribution in [2.24, 2.45) is 11.8 Å². The number of unbranched alkanes of at least 4 members (excludes halogenated alkanes) is 1. The highest BCUT2D eigenvalue weighted by molar-refractivity contribution is 5.80.